The first kappa shape index (κ1) is 30.6. The molecule has 10 aromatic rings. The summed E-state index contributed by atoms with van der Waals surface area (Å²) in [6, 6.07) is 70.3. The van der Waals surface area contributed by atoms with Crippen molar-refractivity contribution >= 4 is 97.1 Å². The van der Waals surface area contributed by atoms with Crippen LogP contribution >= 0.6 is 22.7 Å². The van der Waals surface area contributed by atoms with Crippen LogP contribution in [0.1, 0.15) is 0 Å². The van der Waals surface area contributed by atoms with E-state index < -0.39 is 0 Å². The molecule has 0 unspecified atom stereocenters. The molecule has 0 bridgehead atoms. The first-order valence-electron chi connectivity index (χ1n) is 17.5. The third-order valence-corrected chi connectivity index (χ3v) is 12.1. The predicted molar refractivity (Wildman–Crippen MR) is 227 cm³/mol. The van der Waals surface area contributed by atoms with E-state index in [-0.39, 0.29) is 0 Å². The van der Waals surface area contributed by atoms with Crippen molar-refractivity contribution in [1.82, 2.24) is 0 Å². The maximum Gasteiger partial charge on any atom is 0.0476 e. The molecule has 10 rings (SSSR count). The van der Waals surface area contributed by atoms with E-state index in [1.165, 1.54) is 51.5 Å². The van der Waals surface area contributed by atoms with E-state index in [2.05, 4.69) is 204 Å². The van der Waals surface area contributed by atoms with Crippen LogP contribution in [0.15, 0.2) is 194 Å². The SMILES string of the molecule is c1ccc(-c2cccc(N(c3ccc4c(c3)sc3ccccc34)c3ccc4c(c3)sc3ccc(N(c5ccccc5)c5ccccc5)cc34)c2)cc1. The molecule has 0 saturated carbocycles. The van der Waals surface area contributed by atoms with Crippen molar-refractivity contribution in [1.29, 1.82) is 0 Å². The number of fused-ring (bicyclic) bond motifs is 6. The van der Waals surface area contributed by atoms with Gasteiger partial charge in [-0.15, -0.1) is 22.7 Å². The summed E-state index contributed by atoms with van der Waals surface area (Å²) < 4.78 is 5.15. The lowest BCUT2D eigenvalue weighted by atomic mass is 10.0. The highest BCUT2D eigenvalue weighted by molar-refractivity contribution is 7.26. The highest BCUT2D eigenvalue weighted by atomic mass is 32.1. The summed E-state index contributed by atoms with van der Waals surface area (Å²) in [7, 11) is 0. The Morgan fingerprint density at radius 3 is 1.37 bits per heavy atom. The Morgan fingerprint density at radius 1 is 0.250 bits per heavy atom. The molecule has 0 fully saturated rings. The molecule has 8 aromatic carbocycles. The van der Waals surface area contributed by atoms with Gasteiger partial charge in [0.05, 0.1) is 0 Å². The predicted octanol–water partition coefficient (Wildman–Crippen LogP) is 15.0. The number of rotatable bonds is 7. The molecule has 4 heteroatoms. The van der Waals surface area contributed by atoms with Gasteiger partial charge in [-0.05, 0) is 96.1 Å². The van der Waals surface area contributed by atoms with E-state index in [0.717, 1.165) is 34.1 Å². The van der Waals surface area contributed by atoms with Gasteiger partial charge in [0.15, 0.2) is 0 Å². The smallest absolute Gasteiger partial charge is 0.0476 e. The van der Waals surface area contributed by atoms with Gasteiger partial charge < -0.3 is 9.80 Å². The zero-order valence-corrected chi connectivity index (χ0v) is 29.8. The van der Waals surface area contributed by atoms with Crippen LogP contribution in [0.25, 0.3) is 51.5 Å². The summed E-state index contributed by atoms with van der Waals surface area (Å²) in [4.78, 5) is 4.75. The minimum absolute atomic E-state index is 1.13. The lowest BCUT2D eigenvalue weighted by Crippen LogP contribution is -2.10. The molecule has 0 amide bonds. The molecule has 52 heavy (non-hydrogen) atoms. The summed E-state index contributed by atoms with van der Waals surface area (Å²) in [5, 5.41) is 5.16. The van der Waals surface area contributed by atoms with Crippen LogP contribution in [0, 0.1) is 0 Å². The molecule has 0 spiro atoms. The third-order valence-electron chi connectivity index (χ3n) is 9.82. The van der Waals surface area contributed by atoms with Crippen molar-refractivity contribution < 1.29 is 0 Å². The second-order valence-electron chi connectivity index (χ2n) is 13.0. The van der Waals surface area contributed by atoms with Crippen molar-refractivity contribution in [3.05, 3.63) is 194 Å². The van der Waals surface area contributed by atoms with Crippen LogP contribution < -0.4 is 9.80 Å². The fourth-order valence-corrected chi connectivity index (χ4v) is 9.65. The second kappa shape index (κ2) is 12.8. The number of anilines is 6. The molecule has 2 nitrogen and oxygen atoms in total. The van der Waals surface area contributed by atoms with Gasteiger partial charge in [0, 0.05) is 74.5 Å². The third kappa shape index (κ3) is 5.41. The fourth-order valence-electron chi connectivity index (χ4n) is 7.39. The van der Waals surface area contributed by atoms with Gasteiger partial charge in [-0.3, -0.25) is 0 Å². The van der Waals surface area contributed by atoms with Crippen molar-refractivity contribution in [3.63, 3.8) is 0 Å². The van der Waals surface area contributed by atoms with Crippen LogP contribution in [-0.4, -0.2) is 0 Å². The molecular weight excluding hydrogens is 669 g/mol. The van der Waals surface area contributed by atoms with Crippen LogP contribution in [0.3, 0.4) is 0 Å². The van der Waals surface area contributed by atoms with Crippen LogP contribution in [0.2, 0.25) is 0 Å². The zero-order valence-electron chi connectivity index (χ0n) is 28.2. The minimum atomic E-state index is 1.13. The van der Waals surface area contributed by atoms with Crippen molar-refractivity contribution in [2.75, 3.05) is 9.80 Å². The maximum atomic E-state index is 2.41. The summed E-state index contributed by atoms with van der Waals surface area (Å²) in [6.07, 6.45) is 0. The standard InChI is InChI=1S/C48H32N2S2/c1-4-13-33(14-5-1)34-15-12-20-37(29-34)50(39-23-26-42-41-21-10-11-22-45(41)51-47(42)31-39)40-24-27-43-44-30-38(25-28-46(44)52-48(43)32-40)49(35-16-6-2-7-17-35)36-18-8-3-9-19-36/h1-32H. The van der Waals surface area contributed by atoms with Crippen LogP contribution in [-0.2, 0) is 0 Å². The summed E-state index contributed by atoms with van der Waals surface area (Å²) in [6.45, 7) is 0. The summed E-state index contributed by atoms with van der Waals surface area (Å²) in [5.41, 5.74) is 9.24. The van der Waals surface area contributed by atoms with Gasteiger partial charge in [0.1, 0.15) is 0 Å². The zero-order chi connectivity index (χ0) is 34.4. The van der Waals surface area contributed by atoms with Crippen LogP contribution in [0.5, 0.6) is 0 Å². The molecule has 0 aliphatic carbocycles. The molecule has 0 saturated heterocycles. The average Bonchev–Trinajstić information content (AvgIpc) is 3.77. The molecule has 0 N–H and O–H groups in total. The van der Waals surface area contributed by atoms with Crippen molar-refractivity contribution in [3.8, 4) is 11.1 Å². The number of hydrogen-bond donors (Lipinski definition) is 0. The molecule has 0 aliphatic heterocycles. The summed E-state index contributed by atoms with van der Waals surface area (Å²) in [5.74, 6) is 0. The largest absolute Gasteiger partial charge is 0.310 e. The number of thiophene rings is 2. The van der Waals surface area contributed by atoms with E-state index >= 15 is 0 Å². The quantitative estimate of drug-likeness (QED) is 0.163. The topological polar surface area (TPSA) is 6.48 Å². The van der Waals surface area contributed by atoms with Crippen molar-refractivity contribution in [2.45, 2.75) is 0 Å². The van der Waals surface area contributed by atoms with E-state index in [9.17, 15) is 0 Å². The number of hydrogen-bond acceptors (Lipinski definition) is 4. The van der Waals surface area contributed by atoms with Gasteiger partial charge in [-0.25, -0.2) is 0 Å². The van der Waals surface area contributed by atoms with E-state index in [1.807, 2.05) is 22.7 Å². The Kier molecular flexibility index (Phi) is 7.56. The first-order chi connectivity index (χ1) is 25.8. The van der Waals surface area contributed by atoms with Gasteiger partial charge in [-0.2, -0.15) is 0 Å². The molecule has 0 radical (unpaired) electrons. The Balaban J connectivity index is 1.12. The normalized spacial score (nSPS) is 11.5. The van der Waals surface area contributed by atoms with Gasteiger partial charge in [0.2, 0.25) is 0 Å². The number of para-hydroxylation sites is 2. The lowest BCUT2D eigenvalue weighted by Gasteiger charge is -2.26. The lowest BCUT2D eigenvalue weighted by molar-refractivity contribution is 1.29. The molecule has 2 aromatic heterocycles. The maximum absolute atomic E-state index is 2.41. The monoisotopic (exact) mass is 700 g/mol. The van der Waals surface area contributed by atoms with Gasteiger partial charge in [0.25, 0.3) is 0 Å². The molecular formula is C48H32N2S2. The Hall–Kier alpha value is -6.20. The molecule has 0 atom stereocenters. The van der Waals surface area contributed by atoms with Crippen LogP contribution in [0.4, 0.5) is 34.1 Å². The molecule has 2 heterocycles. The molecule has 0 aliphatic rings. The number of nitrogens with zero attached hydrogens (tertiary/aromatic N) is 2. The minimum Gasteiger partial charge on any atom is -0.310 e. The van der Waals surface area contributed by atoms with Crippen molar-refractivity contribution in [2.24, 2.45) is 0 Å². The Labute approximate surface area is 310 Å². The first-order valence-corrected chi connectivity index (χ1v) is 19.1. The fraction of sp³-hybridized carbons (Fsp3) is 0. The Morgan fingerprint density at radius 2 is 0.692 bits per heavy atom. The van der Waals surface area contributed by atoms with E-state index in [1.54, 1.807) is 0 Å². The Bertz CT molecular complexity index is 2820. The average molecular weight is 701 g/mol. The highest BCUT2D eigenvalue weighted by Gasteiger charge is 2.19. The molecule has 246 valence electrons. The highest BCUT2D eigenvalue weighted by Crippen LogP contribution is 2.45. The second-order valence-corrected chi connectivity index (χ2v) is 15.2. The van der Waals surface area contributed by atoms with E-state index in [0.29, 0.717) is 0 Å². The summed E-state index contributed by atoms with van der Waals surface area (Å²) >= 11 is 3.72. The van der Waals surface area contributed by atoms with E-state index in [4.69, 9.17) is 0 Å². The van der Waals surface area contributed by atoms with Gasteiger partial charge in [-0.1, -0.05) is 109 Å². The van der Waals surface area contributed by atoms with Gasteiger partial charge >= 0.3 is 0 Å². The number of benzene rings is 8.